The Morgan fingerprint density at radius 1 is 1.42 bits per heavy atom. The van der Waals surface area contributed by atoms with Gasteiger partial charge in [0, 0.05) is 23.6 Å². The van der Waals surface area contributed by atoms with E-state index in [9.17, 15) is 4.79 Å². The predicted molar refractivity (Wildman–Crippen MR) is 89.0 cm³/mol. The molecule has 24 heavy (non-hydrogen) atoms. The molecule has 0 radical (unpaired) electrons. The summed E-state index contributed by atoms with van der Waals surface area (Å²) in [5, 5.41) is 6.79. The Bertz CT molecular complexity index is 713. The van der Waals surface area contributed by atoms with Gasteiger partial charge < -0.3 is 19.3 Å². The number of methoxy groups -OCH3 is 1. The van der Waals surface area contributed by atoms with Crippen molar-refractivity contribution in [2.75, 3.05) is 20.3 Å². The number of hydrogen-bond acceptors (Lipinski definition) is 6. The van der Waals surface area contributed by atoms with Gasteiger partial charge in [0.1, 0.15) is 5.75 Å². The van der Waals surface area contributed by atoms with Gasteiger partial charge in [-0.2, -0.15) is 4.98 Å². The lowest BCUT2D eigenvalue weighted by Crippen LogP contribution is -2.23. The van der Waals surface area contributed by atoms with Crippen LogP contribution < -0.4 is 10.1 Å². The van der Waals surface area contributed by atoms with Crippen LogP contribution in [0.4, 0.5) is 0 Å². The number of halogens is 1. The normalized spacial score (nSPS) is 15.2. The molecule has 0 atom stereocenters. The average Bonchev–Trinajstić information content (AvgIpc) is 3.10. The second kappa shape index (κ2) is 7.76. The van der Waals surface area contributed by atoms with Crippen LogP contribution in [0.3, 0.4) is 0 Å². The van der Waals surface area contributed by atoms with E-state index in [-0.39, 0.29) is 18.4 Å². The number of rotatable bonds is 5. The number of hydrogen-bond donors (Lipinski definition) is 1. The number of amides is 1. The maximum atomic E-state index is 12.3. The molecule has 7 nitrogen and oxygen atoms in total. The first-order chi connectivity index (χ1) is 11.7. The van der Waals surface area contributed by atoms with Crippen molar-refractivity contribution in [1.29, 1.82) is 0 Å². The summed E-state index contributed by atoms with van der Waals surface area (Å²) in [7, 11) is 1.56. The van der Waals surface area contributed by atoms with Crippen LogP contribution in [-0.4, -0.2) is 36.4 Å². The van der Waals surface area contributed by atoms with Crippen molar-refractivity contribution >= 4 is 21.8 Å². The summed E-state index contributed by atoms with van der Waals surface area (Å²) >= 11 is 3.36. The average molecular weight is 396 g/mol. The lowest BCUT2D eigenvalue weighted by molar-refractivity contribution is 0.0830. The molecule has 2 aromatic rings. The predicted octanol–water partition coefficient (Wildman–Crippen LogP) is 2.66. The quantitative estimate of drug-likeness (QED) is 0.837. The van der Waals surface area contributed by atoms with E-state index in [2.05, 4.69) is 31.4 Å². The van der Waals surface area contributed by atoms with Gasteiger partial charge in [0.2, 0.25) is 5.89 Å². The Morgan fingerprint density at radius 2 is 2.21 bits per heavy atom. The van der Waals surface area contributed by atoms with Crippen LogP contribution in [0.15, 0.2) is 27.2 Å². The summed E-state index contributed by atoms with van der Waals surface area (Å²) in [5.41, 5.74) is 0.485. The van der Waals surface area contributed by atoms with Gasteiger partial charge >= 0.3 is 0 Å². The highest BCUT2D eigenvalue weighted by molar-refractivity contribution is 9.10. The molecule has 1 saturated heterocycles. The van der Waals surface area contributed by atoms with Crippen LogP contribution in [0, 0.1) is 0 Å². The maximum absolute atomic E-state index is 12.3. The smallest absolute Gasteiger partial charge is 0.252 e. The summed E-state index contributed by atoms with van der Waals surface area (Å²) < 4.78 is 16.4. The van der Waals surface area contributed by atoms with Crippen LogP contribution >= 0.6 is 15.9 Å². The molecule has 1 aromatic heterocycles. The summed E-state index contributed by atoms with van der Waals surface area (Å²) in [6.45, 7) is 1.61. The highest BCUT2D eigenvalue weighted by atomic mass is 79.9. The van der Waals surface area contributed by atoms with Crippen molar-refractivity contribution in [2.24, 2.45) is 0 Å². The van der Waals surface area contributed by atoms with Crippen LogP contribution in [0.1, 0.15) is 40.8 Å². The number of ether oxygens (including phenoxy) is 2. The minimum absolute atomic E-state index is 0.179. The highest BCUT2D eigenvalue weighted by Gasteiger charge is 2.21. The molecule has 1 aromatic carbocycles. The third-order valence-electron chi connectivity index (χ3n) is 3.89. The Balaban J connectivity index is 1.61. The van der Waals surface area contributed by atoms with E-state index >= 15 is 0 Å². The SMILES string of the molecule is COc1ccc(Br)c(C(=O)NCc2nc(C3CCOCC3)no2)c1. The van der Waals surface area contributed by atoms with Gasteiger partial charge in [-0.1, -0.05) is 5.16 Å². The fourth-order valence-electron chi connectivity index (χ4n) is 2.52. The number of nitrogens with one attached hydrogen (secondary N) is 1. The molecule has 1 fully saturated rings. The van der Waals surface area contributed by atoms with Gasteiger partial charge in [0.25, 0.3) is 5.91 Å². The first-order valence-electron chi connectivity index (χ1n) is 7.69. The standard InChI is InChI=1S/C16H18BrN3O4/c1-22-11-2-3-13(17)12(8-11)16(21)18-9-14-19-15(20-24-14)10-4-6-23-7-5-10/h2-3,8,10H,4-7,9H2,1H3,(H,18,21). The third kappa shape index (κ3) is 3.93. The minimum atomic E-state index is -0.244. The zero-order valence-electron chi connectivity index (χ0n) is 13.3. The molecule has 128 valence electrons. The van der Waals surface area contributed by atoms with E-state index in [0.717, 1.165) is 26.1 Å². The topological polar surface area (TPSA) is 86.5 Å². The van der Waals surface area contributed by atoms with Gasteiger partial charge in [-0.05, 0) is 47.0 Å². The van der Waals surface area contributed by atoms with Crippen LogP contribution in [-0.2, 0) is 11.3 Å². The van der Waals surface area contributed by atoms with Crippen molar-refractivity contribution in [3.8, 4) is 5.75 Å². The van der Waals surface area contributed by atoms with Crippen LogP contribution in [0.25, 0.3) is 0 Å². The summed E-state index contributed by atoms with van der Waals surface area (Å²) in [4.78, 5) is 16.7. The first-order valence-corrected chi connectivity index (χ1v) is 8.48. The van der Waals surface area contributed by atoms with Crippen molar-refractivity contribution in [3.63, 3.8) is 0 Å². The van der Waals surface area contributed by atoms with Crippen LogP contribution in [0.5, 0.6) is 5.75 Å². The Kier molecular flexibility index (Phi) is 5.47. The molecule has 8 heteroatoms. The molecular weight excluding hydrogens is 378 g/mol. The van der Waals surface area contributed by atoms with Gasteiger partial charge in [-0.15, -0.1) is 0 Å². The van der Waals surface area contributed by atoms with Gasteiger partial charge in [0.15, 0.2) is 5.82 Å². The Hall–Kier alpha value is -1.93. The van der Waals surface area contributed by atoms with Gasteiger partial charge in [0.05, 0.1) is 19.2 Å². The number of nitrogens with zero attached hydrogens (tertiary/aromatic N) is 2. The monoisotopic (exact) mass is 395 g/mol. The molecule has 0 bridgehead atoms. The molecule has 3 rings (SSSR count). The zero-order valence-corrected chi connectivity index (χ0v) is 14.8. The lowest BCUT2D eigenvalue weighted by Gasteiger charge is -2.18. The molecule has 0 saturated carbocycles. The van der Waals surface area contributed by atoms with Crippen molar-refractivity contribution in [1.82, 2.24) is 15.5 Å². The second-order valence-corrected chi connectivity index (χ2v) is 6.32. The van der Waals surface area contributed by atoms with E-state index in [1.807, 2.05) is 0 Å². The number of aromatic nitrogens is 2. The van der Waals surface area contributed by atoms with E-state index in [4.69, 9.17) is 14.0 Å². The molecular formula is C16H18BrN3O4. The van der Waals surface area contributed by atoms with Crippen molar-refractivity contribution in [3.05, 3.63) is 40.0 Å². The van der Waals surface area contributed by atoms with Crippen molar-refractivity contribution < 1.29 is 18.8 Å². The zero-order chi connectivity index (χ0) is 16.9. The molecule has 2 heterocycles. The largest absolute Gasteiger partial charge is 0.497 e. The second-order valence-electron chi connectivity index (χ2n) is 5.46. The molecule has 1 aliphatic rings. The van der Waals surface area contributed by atoms with Crippen molar-refractivity contribution in [2.45, 2.75) is 25.3 Å². The summed E-state index contributed by atoms with van der Waals surface area (Å²) in [5.74, 6) is 1.71. The van der Waals surface area contributed by atoms with Crippen LogP contribution in [0.2, 0.25) is 0 Å². The Morgan fingerprint density at radius 3 is 2.96 bits per heavy atom. The molecule has 1 aliphatic heterocycles. The number of carbonyl (C=O) groups is 1. The summed E-state index contributed by atoms with van der Waals surface area (Å²) in [6.07, 6.45) is 1.78. The van der Waals surface area contributed by atoms with E-state index in [0.29, 0.717) is 27.5 Å². The number of carbonyl (C=O) groups excluding carboxylic acids is 1. The third-order valence-corrected chi connectivity index (χ3v) is 4.58. The molecule has 1 amide bonds. The first kappa shape index (κ1) is 16.9. The minimum Gasteiger partial charge on any atom is -0.497 e. The van der Waals surface area contributed by atoms with E-state index in [1.54, 1.807) is 25.3 Å². The highest BCUT2D eigenvalue weighted by Crippen LogP contribution is 2.25. The fraction of sp³-hybridized carbons (Fsp3) is 0.438. The maximum Gasteiger partial charge on any atom is 0.252 e. The summed E-state index contributed by atoms with van der Waals surface area (Å²) in [6, 6.07) is 5.21. The molecule has 0 spiro atoms. The van der Waals surface area contributed by atoms with Gasteiger partial charge in [-0.25, -0.2) is 0 Å². The van der Waals surface area contributed by atoms with E-state index in [1.165, 1.54) is 0 Å². The Labute approximate surface area is 147 Å². The molecule has 1 N–H and O–H groups in total. The molecule has 0 aliphatic carbocycles. The molecule has 0 unspecified atom stereocenters. The number of benzene rings is 1. The lowest BCUT2D eigenvalue weighted by atomic mass is 10.00. The van der Waals surface area contributed by atoms with Gasteiger partial charge in [-0.3, -0.25) is 4.79 Å². The fourth-order valence-corrected chi connectivity index (χ4v) is 2.94. The van der Waals surface area contributed by atoms with E-state index < -0.39 is 0 Å².